The number of rotatable bonds is 13. The molecule has 0 aliphatic rings. The fraction of sp³-hybridized carbons (Fsp3) is 0.135. The first-order valence-corrected chi connectivity index (χ1v) is 17.8. The molecule has 0 fully saturated rings. The molecule has 1 unspecified atom stereocenters. The normalized spacial score (nSPS) is 11.8. The van der Waals surface area contributed by atoms with E-state index in [2.05, 4.69) is 36.9 Å². The first-order chi connectivity index (χ1) is 23.3. The van der Waals surface area contributed by atoms with Crippen molar-refractivity contribution in [2.45, 2.75) is 30.4 Å². The summed E-state index contributed by atoms with van der Waals surface area (Å²) in [4.78, 5) is 45.2. The molecule has 0 radical (unpaired) electrons. The maximum absolute atomic E-state index is 13.5. The summed E-state index contributed by atoms with van der Waals surface area (Å²) in [5.74, 6) is -0.255. The molecule has 0 saturated heterocycles. The van der Waals surface area contributed by atoms with Crippen LogP contribution in [0.3, 0.4) is 0 Å². The molecule has 3 amide bonds. The molecule has 1 atom stereocenters. The zero-order valence-electron chi connectivity index (χ0n) is 26.2. The van der Waals surface area contributed by atoms with Gasteiger partial charge in [-0.25, -0.2) is 4.98 Å². The number of carbonyl (C=O) groups is 3. The van der Waals surface area contributed by atoms with Crippen LogP contribution < -0.4 is 20.7 Å². The van der Waals surface area contributed by atoms with Crippen LogP contribution in [0, 0.1) is 0 Å². The molecule has 8 nitrogen and oxygen atoms in total. The highest BCUT2D eigenvalue weighted by Gasteiger charge is 2.21. The number of hydrogen-bond acceptors (Lipinski definition) is 7. The molecule has 0 saturated carbocycles. The second kappa shape index (κ2) is 16.9. The maximum Gasteiger partial charge on any atom is 0.272 e. The average molecular weight is 742 g/mol. The van der Waals surface area contributed by atoms with Crippen LogP contribution in [0.15, 0.2) is 124 Å². The molecule has 0 aliphatic heterocycles. The van der Waals surface area contributed by atoms with E-state index >= 15 is 0 Å². The Balaban J connectivity index is 1.25. The van der Waals surface area contributed by atoms with Gasteiger partial charge in [-0.1, -0.05) is 59.3 Å². The van der Waals surface area contributed by atoms with Gasteiger partial charge in [0.25, 0.3) is 11.8 Å². The summed E-state index contributed by atoms with van der Waals surface area (Å²) < 4.78 is 6.36. The van der Waals surface area contributed by atoms with Gasteiger partial charge in [-0.3, -0.25) is 14.4 Å². The molecule has 11 heteroatoms. The second-order valence-electron chi connectivity index (χ2n) is 10.4. The molecule has 5 rings (SSSR count). The third kappa shape index (κ3) is 9.66. The third-order valence-electron chi connectivity index (χ3n) is 6.92. The van der Waals surface area contributed by atoms with Crippen LogP contribution in [0.5, 0.6) is 5.75 Å². The molecule has 4 aromatic carbocycles. The minimum absolute atomic E-state index is 0.0823. The molecule has 0 aliphatic carbocycles. The van der Waals surface area contributed by atoms with Crippen LogP contribution in [0.25, 0.3) is 17.3 Å². The molecular weight excluding hydrogens is 708 g/mol. The lowest BCUT2D eigenvalue weighted by molar-refractivity contribution is -0.116. The number of nitrogens with zero attached hydrogens (tertiary/aromatic N) is 1. The maximum atomic E-state index is 13.5. The first kappa shape index (κ1) is 34.6. The van der Waals surface area contributed by atoms with Crippen molar-refractivity contribution in [3.8, 4) is 17.0 Å². The number of hydrogen-bond donors (Lipinski definition) is 3. The Hall–Kier alpha value is -4.71. The van der Waals surface area contributed by atoms with E-state index in [0.29, 0.717) is 29.4 Å². The van der Waals surface area contributed by atoms with Gasteiger partial charge in [-0.2, -0.15) is 0 Å². The van der Waals surface area contributed by atoms with E-state index in [4.69, 9.17) is 4.74 Å². The van der Waals surface area contributed by atoms with Crippen molar-refractivity contribution in [3.63, 3.8) is 0 Å². The highest BCUT2D eigenvalue weighted by Crippen LogP contribution is 2.31. The van der Waals surface area contributed by atoms with Crippen molar-refractivity contribution in [1.82, 2.24) is 10.3 Å². The Bertz CT molecular complexity index is 1910. The van der Waals surface area contributed by atoms with Gasteiger partial charge in [0.2, 0.25) is 5.91 Å². The van der Waals surface area contributed by atoms with Gasteiger partial charge in [0.15, 0.2) is 5.13 Å². The van der Waals surface area contributed by atoms with Gasteiger partial charge < -0.3 is 20.7 Å². The SMILES string of the molecule is CCOc1ccc(-c2csc(NC(=O)C(CC)Sc3cccc(NC(=O)/C(=C\c4cccc(Br)c4)NC(=O)c4ccccc4)c3)n2)cc1. The molecule has 0 spiro atoms. The third-order valence-corrected chi connectivity index (χ3v) is 9.53. The van der Waals surface area contributed by atoms with Gasteiger partial charge in [0.05, 0.1) is 17.6 Å². The topological polar surface area (TPSA) is 109 Å². The van der Waals surface area contributed by atoms with E-state index in [1.807, 2.05) is 92.0 Å². The van der Waals surface area contributed by atoms with Gasteiger partial charge in [-0.15, -0.1) is 23.1 Å². The summed E-state index contributed by atoms with van der Waals surface area (Å²) in [6.45, 7) is 4.49. The second-order valence-corrected chi connectivity index (χ2v) is 13.5. The van der Waals surface area contributed by atoms with E-state index in [-0.39, 0.29) is 11.6 Å². The summed E-state index contributed by atoms with van der Waals surface area (Å²) in [6, 6.07) is 31.1. The minimum atomic E-state index is -0.488. The van der Waals surface area contributed by atoms with Crippen LogP contribution in [0.4, 0.5) is 10.8 Å². The number of thioether (sulfide) groups is 1. The Kier molecular flexibility index (Phi) is 12.2. The van der Waals surface area contributed by atoms with Crippen LogP contribution in [0.1, 0.15) is 36.2 Å². The Morgan fingerprint density at radius 3 is 2.42 bits per heavy atom. The fourth-order valence-corrected chi connectivity index (χ4v) is 6.73. The van der Waals surface area contributed by atoms with Crippen LogP contribution >= 0.6 is 39.0 Å². The van der Waals surface area contributed by atoms with Gasteiger partial charge in [0, 0.05) is 31.6 Å². The number of anilines is 2. The number of nitrogens with one attached hydrogen (secondary N) is 3. The zero-order valence-corrected chi connectivity index (χ0v) is 29.5. The molecule has 3 N–H and O–H groups in total. The van der Waals surface area contributed by atoms with E-state index in [1.165, 1.54) is 23.1 Å². The van der Waals surface area contributed by atoms with E-state index in [0.717, 1.165) is 31.9 Å². The quantitative estimate of drug-likeness (QED) is 0.0822. The lowest BCUT2D eigenvalue weighted by atomic mass is 10.1. The van der Waals surface area contributed by atoms with E-state index < -0.39 is 17.1 Å². The highest BCUT2D eigenvalue weighted by molar-refractivity contribution is 9.10. The zero-order chi connectivity index (χ0) is 33.9. The molecule has 244 valence electrons. The first-order valence-electron chi connectivity index (χ1n) is 15.2. The number of ether oxygens (including phenoxy) is 1. The van der Waals surface area contributed by atoms with Crippen molar-refractivity contribution in [2.24, 2.45) is 0 Å². The van der Waals surface area contributed by atoms with Crippen molar-refractivity contribution < 1.29 is 19.1 Å². The molecular formula is C37H33BrN4O4S2. The summed E-state index contributed by atoms with van der Waals surface area (Å²) in [7, 11) is 0. The summed E-state index contributed by atoms with van der Waals surface area (Å²) in [6.07, 6.45) is 2.20. The number of benzene rings is 4. The van der Waals surface area contributed by atoms with E-state index in [9.17, 15) is 14.4 Å². The van der Waals surface area contributed by atoms with Crippen molar-refractivity contribution in [2.75, 3.05) is 17.2 Å². The molecule has 5 aromatic rings. The number of aromatic nitrogens is 1. The number of halogens is 1. The van der Waals surface area contributed by atoms with Gasteiger partial charge in [0.1, 0.15) is 11.4 Å². The Morgan fingerprint density at radius 2 is 1.69 bits per heavy atom. The Morgan fingerprint density at radius 1 is 0.917 bits per heavy atom. The number of thiazole rings is 1. The van der Waals surface area contributed by atoms with Crippen LogP contribution in [-0.2, 0) is 9.59 Å². The largest absolute Gasteiger partial charge is 0.494 e. The molecule has 48 heavy (non-hydrogen) atoms. The van der Waals surface area contributed by atoms with Gasteiger partial charge in [-0.05, 0) is 91.7 Å². The number of carbonyl (C=O) groups excluding carboxylic acids is 3. The minimum Gasteiger partial charge on any atom is -0.494 e. The summed E-state index contributed by atoms with van der Waals surface area (Å²) >= 11 is 6.22. The molecule has 1 heterocycles. The van der Waals surface area contributed by atoms with E-state index in [1.54, 1.807) is 36.4 Å². The molecule has 0 bridgehead atoms. The van der Waals surface area contributed by atoms with Crippen LogP contribution in [-0.4, -0.2) is 34.6 Å². The summed E-state index contributed by atoms with van der Waals surface area (Å²) in [5.41, 5.74) is 3.47. The number of amides is 3. The van der Waals surface area contributed by atoms with Crippen LogP contribution in [0.2, 0.25) is 0 Å². The van der Waals surface area contributed by atoms with Crippen molar-refractivity contribution >= 4 is 73.6 Å². The lowest BCUT2D eigenvalue weighted by Crippen LogP contribution is -2.30. The van der Waals surface area contributed by atoms with Crippen molar-refractivity contribution in [1.29, 1.82) is 0 Å². The Labute approximate surface area is 296 Å². The lowest BCUT2D eigenvalue weighted by Gasteiger charge is -2.15. The highest BCUT2D eigenvalue weighted by atomic mass is 79.9. The van der Waals surface area contributed by atoms with Crippen molar-refractivity contribution in [3.05, 3.63) is 130 Å². The fourth-order valence-electron chi connectivity index (χ4n) is 4.58. The standard InChI is InChI=1S/C37H33BrN4O4S2/c1-3-33(36(45)42-37-41-32(23-47-37)25-16-18-29(19-17-25)46-4-2)48-30-15-9-14-28(22-30)39-35(44)31(21-24-10-8-13-27(38)20-24)40-34(43)26-11-6-5-7-12-26/h5-23,33H,3-4H2,1-2H3,(H,39,44)(H,40,43)(H,41,42,45)/b31-21+. The predicted octanol–water partition coefficient (Wildman–Crippen LogP) is 8.89. The smallest absolute Gasteiger partial charge is 0.272 e. The monoisotopic (exact) mass is 740 g/mol. The average Bonchev–Trinajstić information content (AvgIpc) is 3.56. The predicted molar refractivity (Wildman–Crippen MR) is 198 cm³/mol. The molecule has 1 aromatic heterocycles. The summed E-state index contributed by atoms with van der Waals surface area (Å²) in [5, 5.41) is 10.7. The van der Waals surface area contributed by atoms with Gasteiger partial charge >= 0.3 is 0 Å².